The zero-order valence-corrected chi connectivity index (χ0v) is 16.9. The number of benzene rings is 1. The van der Waals surface area contributed by atoms with Gasteiger partial charge in [0.25, 0.3) is 0 Å². The van der Waals surface area contributed by atoms with Gasteiger partial charge in [-0.25, -0.2) is 0 Å². The summed E-state index contributed by atoms with van der Waals surface area (Å²) < 4.78 is 18.8. The van der Waals surface area contributed by atoms with Gasteiger partial charge in [0.15, 0.2) is 0 Å². The summed E-state index contributed by atoms with van der Waals surface area (Å²) in [6.07, 6.45) is 5.20. The molecule has 0 saturated carbocycles. The molecule has 1 atom stereocenters. The van der Waals surface area contributed by atoms with Crippen molar-refractivity contribution in [3.8, 4) is 5.88 Å². The molecular weight excluding hydrogens is 368 g/mol. The smallest absolute Gasteiger partial charge is 0.201 e. The number of aliphatic imine (C=N–C) groups is 1. The van der Waals surface area contributed by atoms with Crippen LogP contribution in [0, 0.1) is 5.92 Å². The Labute approximate surface area is 171 Å². The van der Waals surface area contributed by atoms with Gasteiger partial charge in [-0.1, -0.05) is 6.07 Å². The Morgan fingerprint density at radius 1 is 1.03 bits per heavy atom. The van der Waals surface area contributed by atoms with Crippen molar-refractivity contribution in [2.75, 3.05) is 46.2 Å². The quantitative estimate of drug-likeness (QED) is 0.837. The minimum atomic E-state index is 0.256. The van der Waals surface area contributed by atoms with Crippen LogP contribution in [-0.2, 0) is 20.6 Å². The number of aryl methyl sites for hydroxylation is 1. The van der Waals surface area contributed by atoms with Gasteiger partial charge in [-0.3, -0.25) is 4.99 Å². The third-order valence-corrected chi connectivity index (χ3v) is 6.53. The number of aromatic nitrogens is 1. The van der Waals surface area contributed by atoms with Crippen molar-refractivity contribution < 1.29 is 19.3 Å². The van der Waals surface area contributed by atoms with Crippen LogP contribution in [0.5, 0.6) is 5.88 Å². The molecule has 3 aliphatic heterocycles. The molecule has 29 heavy (non-hydrogen) atoms. The number of ether oxygens (including phenoxy) is 3. The van der Waals surface area contributed by atoms with E-state index in [1.165, 1.54) is 12.0 Å². The lowest BCUT2D eigenvalue weighted by Gasteiger charge is -2.25. The van der Waals surface area contributed by atoms with Gasteiger partial charge in [0, 0.05) is 37.9 Å². The largest absolute Gasteiger partial charge is 0.494 e. The molecule has 0 spiro atoms. The third-order valence-electron chi connectivity index (χ3n) is 6.53. The summed E-state index contributed by atoms with van der Waals surface area (Å²) in [6.45, 7) is 5.04. The summed E-state index contributed by atoms with van der Waals surface area (Å²) >= 11 is 0. The van der Waals surface area contributed by atoms with Crippen LogP contribution in [0.25, 0.3) is 10.9 Å². The van der Waals surface area contributed by atoms with Crippen LogP contribution in [0.15, 0.2) is 23.2 Å². The van der Waals surface area contributed by atoms with E-state index in [1.807, 2.05) is 0 Å². The number of aromatic hydroxyl groups is 1. The molecule has 0 aliphatic carbocycles. The summed E-state index contributed by atoms with van der Waals surface area (Å²) in [7, 11) is 0. The molecule has 6 heteroatoms. The summed E-state index contributed by atoms with van der Waals surface area (Å²) in [5.41, 5.74) is 4.13. The van der Waals surface area contributed by atoms with Crippen molar-refractivity contribution in [1.29, 1.82) is 0 Å². The summed E-state index contributed by atoms with van der Waals surface area (Å²) in [5.74, 6) is 0.999. The van der Waals surface area contributed by atoms with Crippen molar-refractivity contribution in [2.24, 2.45) is 10.9 Å². The number of nitrogens with zero attached hydrogens (tertiary/aromatic N) is 2. The molecule has 0 radical (unpaired) electrons. The van der Waals surface area contributed by atoms with Gasteiger partial charge < -0.3 is 23.9 Å². The molecule has 4 heterocycles. The van der Waals surface area contributed by atoms with Crippen LogP contribution in [0.1, 0.15) is 42.9 Å². The third kappa shape index (κ3) is 3.81. The number of rotatable bonds is 5. The van der Waals surface area contributed by atoms with E-state index in [2.05, 4.69) is 27.8 Å². The van der Waals surface area contributed by atoms with E-state index in [-0.39, 0.29) is 6.04 Å². The molecule has 1 N–H and O–H groups in total. The average molecular weight is 399 g/mol. The van der Waals surface area contributed by atoms with Crippen LogP contribution in [0.2, 0.25) is 0 Å². The summed E-state index contributed by atoms with van der Waals surface area (Å²) in [6, 6.07) is 6.91. The molecule has 5 rings (SSSR count). The highest BCUT2D eigenvalue weighted by atomic mass is 16.5. The van der Waals surface area contributed by atoms with E-state index in [0.29, 0.717) is 31.6 Å². The van der Waals surface area contributed by atoms with Crippen LogP contribution in [0.3, 0.4) is 0 Å². The zero-order chi connectivity index (χ0) is 19.6. The second kappa shape index (κ2) is 8.46. The van der Waals surface area contributed by atoms with Gasteiger partial charge in [-0.2, -0.15) is 0 Å². The second-order valence-electron chi connectivity index (χ2n) is 8.41. The number of hydrogen-bond donors (Lipinski definition) is 1. The predicted molar refractivity (Wildman–Crippen MR) is 112 cm³/mol. The molecule has 2 saturated heterocycles. The number of hydrogen-bond acceptors (Lipinski definition) is 5. The molecule has 156 valence electrons. The fraction of sp³-hybridized carbons (Fsp3) is 0.609. The molecule has 2 fully saturated rings. The van der Waals surface area contributed by atoms with Crippen molar-refractivity contribution in [3.05, 3.63) is 29.3 Å². The van der Waals surface area contributed by atoms with Gasteiger partial charge in [0.1, 0.15) is 0 Å². The average Bonchev–Trinajstić information content (AvgIpc) is 3.38. The second-order valence-corrected chi connectivity index (χ2v) is 8.41. The van der Waals surface area contributed by atoms with Crippen LogP contribution >= 0.6 is 0 Å². The predicted octanol–water partition coefficient (Wildman–Crippen LogP) is 3.49. The molecular formula is C23H30N2O4. The number of fused-ring (bicyclic) bond motifs is 1. The topological polar surface area (TPSA) is 65.2 Å². The molecule has 0 amide bonds. The summed E-state index contributed by atoms with van der Waals surface area (Å²) in [4.78, 5) is 4.68. The maximum Gasteiger partial charge on any atom is 0.201 e. The van der Waals surface area contributed by atoms with Crippen molar-refractivity contribution in [1.82, 2.24) is 4.57 Å². The fourth-order valence-corrected chi connectivity index (χ4v) is 4.89. The summed E-state index contributed by atoms with van der Waals surface area (Å²) in [5, 5.41) is 12.4. The van der Waals surface area contributed by atoms with Crippen LogP contribution in [0.4, 0.5) is 0 Å². The van der Waals surface area contributed by atoms with Gasteiger partial charge in [-0.15, -0.1) is 0 Å². The minimum Gasteiger partial charge on any atom is -0.494 e. The minimum absolute atomic E-state index is 0.256. The van der Waals surface area contributed by atoms with Gasteiger partial charge >= 0.3 is 0 Å². The van der Waals surface area contributed by atoms with Crippen molar-refractivity contribution in [3.63, 3.8) is 0 Å². The van der Waals surface area contributed by atoms with E-state index in [4.69, 9.17) is 14.2 Å². The Morgan fingerprint density at radius 3 is 2.66 bits per heavy atom. The SMILES string of the molecule is Oc1c(C2=NCCOC2)c2cc(CCC3CCOC3)ccc2n1C1CCOCC1. The highest BCUT2D eigenvalue weighted by Gasteiger charge is 2.27. The molecule has 1 aromatic heterocycles. The van der Waals surface area contributed by atoms with Crippen LogP contribution in [-0.4, -0.2) is 61.6 Å². The van der Waals surface area contributed by atoms with E-state index in [0.717, 1.165) is 74.3 Å². The molecule has 1 unspecified atom stereocenters. The zero-order valence-electron chi connectivity index (χ0n) is 16.9. The first-order valence-corrected chi connectivity index (χ1v) is 10.9. The lowest BCUT2D eigenvalue weighted by Crippen LogP contribution is -2.20. The Kier molecular flexibility index (Phi) is 5.57. The first-order valence-electron chi connectivity index (χ1n) is 10.9. The normalized spacial score (nSPS) is 23.6. The van der Waals surface area contributed by atoms with Gasteiger partial charge in [0.05, 0.1) is 36.6 Å². The molecule has 6 nitrogen and oxygen atoms in total. The lowest BCUT2D eigenvalue weighted by atomic mass is 9.97. The molecule has 1 aromatic carbocycles. The Bertz CT molecular complexity index is 892. The van der Waals surface area contributed by atoms with Crippen LogP contribution < -0.4 is 0 Å². The highest BCUT2D eigenvalue weighted by molar-refractivity contribution is 6.14. The molecule has 0 bridgehead atoms. The Hall–Kier alpha value is -1.89. The lowest BCUT2D eigenvalue weighted by molar-refractivity contribution is 0.0688. The van der Waals surface area contributed by atoms with E-state index >= 15 is 0 Å². The molecule has 2 aromatic rings. The standard InChI is InChI=1S/C23H30N2O4/c26-23-22(20-15-29-12-8-24-20)19-13-16(1-2-17-5-9-28-14-17)3-4-21(19)25(23)18-6-10-27-11-7-18/h3-4,13,17-18,26H,1-2,5-12,14-15H2. The maximum atomic E-state index is 11.3. The first kappa shape index (κ1) is 19.1. The first-order chi connectivity index (χ1) is 14.3. The van der Waals surface area contributed by atoms with Crippen molar-refractivity contribution >= 4 is 16.6 Å². The van der Waals surface area contributed by atoms with E-state index in [1.54, 1.807) is 0 Å². The Morgan fingerprint density at radius 2 is 1.90 bits per heavy atom. The van der Waals surface area contributed by atoms with Gasteiger partial charge in [0.2, 0.25) is 5.88 Å². The van der Waals surface area contributed by atoms with E-state index < -0.39 is 0 Å². The van der Waals surface area contributed by atoms with E-state index in [9.17, 15) is 5.11 Å². The molecule has 3 aliphatic rings. The Balaban J connectivity index is 1.54. The monoisotopic (exact) mass is 398 g/mol. The van der Waals surface area contributed by atoms with Gasteiger partial charge in [-0.05, 0) is 55.7 Å². The highest BCUT2D eigenvalue weighted by Crippen LogP contribution is 2.39. The fourth-order valence-electron chi connectivity index (χ4n) is 4.89. The maximum absolute atomic E-state index is 11.3. The van der Waals surface area contributed by atoms with Crippen molar-refractivity contribution in [2.45, 2.75) is 38.1 Å².